The highest BCUT2D eigenvalue weighted by atomic mass is 19.1. The number of carbonyl (C=O) groups excluding carboxylic acids is 1. The Kier molecular flexibility index (Phi) is 6.14. The molecule has 0 heterocycles. The molecule has 0 fully saturated rings. The number of ether oxygens (including phenoxy) is 1. The van der Waals surface area contributed by atoms with Gasteiger partial charge in [-0.2, -0.15) is 0 Å². The highest BCUT2D eigenvalue weighted by Crippen LogP contribution is 2.22. The number of aliphatic hydroxyl groups is 1. The maximum Gasteiger partial charge on any atom is 0.257 e. The maximum atomic E-state index is 13.4. The predicted molar refractivity (Wildman–Crippen MR) is 65.7 cm³/mol. The highest BCUT2D eigenvalue weighted by molar-refractivity contribution is 5.77. The number of rotatable bonds is 7. The molecule has 1 aromatic rings. The van der Waals surface area contributed by atoms with Crippen LogP contribution >= 0.6 is 0 Å². The first kappa shape index (κ1) is 14.4. The first-order chi connectivity index (χ1) is 8.69. The summed E-state index contributed by atoms with van der Waals surface area (Å²) in [6.45, 7) is 2.03. The SMILES string of the molecule is CCCCNC(=O)COc1c(F)cccc1CO. The fourth-order valence-corrected chi connectivity index (χ4v) is 1.43. The largest absolute Gasteiger partial charge is 0.480 e. The minimum absolute atomic E-state index is 0.0642. The van der Waals surface area contributed by atoms with Gasteiger partial charge in [-0.1, -0.05) is 25.5 Å². The molecule has 100 valence electrons. The maximum absolute atomic E-state index is 13.4. The molecule has 0 aliphatic carbocycles. The Hall–Kier alpha value is -1.62. The molecule has 0 radical (unpaired) electrons. The number of para-hydroxylation sites is 1. The van der Waals surface area contributed by atoms with Crippen LogP contribution in [0.4, 0.5) is 4.39 Å². The van der Waals surface area contributed by atoms with Gasteiger partial charge in [0.1, 0.15) is 0 Å². The average Bonchev–Trinajstić information content (AvgIpc) is 2.37. The predicted octanol–water partition coefficient (Wildman–Crippen LogP) is 1.61. The topological polar surface area (TPSA) is 58.6 Å². The van der Waals surface area contributed by atoms with Crippen molar-refractivity contribution in [1.29, 1.82) is 0 Å². The third-order valence-corrected chi connectivity index (χ3v) is 2.42. The minimum atomic E-state index is -0.581. The van der Waals surface area contributed by atoms with Crippen LogP contribution in [-0.2, 0) is 11.4 Å². The lowest BCUT2D eigenvalue weighted by atomic mass is 10.2. The molecule has 0 spiro atoms. The summed E-state index contributed by atoms with van der Waals surface area (Å²) in [5, 5.41) is 11.7. The standard InChI is InChI=1S/C13H18FNO3/c1-2-3-7-15-12(17)9-18-13-10(8-16)5-4-6-11(13)14/h4-6,16H,2-3,7-9H2,1H3,(H,15,17). The molecule has 1 rings (SSSR count). The lowest BCUT2D eigenvalue weighted by Gasteiger charge is -2.11. The molecule has 2 N–H and O–H groups in total. The fourth-order valence-electron chi connectivity index (χ4n) is 1.43. The van der Waals surface area contributed by atoms with Crippen LogP contribution < -0.4 is 10.1 Å². The summed E-state index contributed by atoms with van der Waals surface area (Å²) in [7, 11) is 0. The second kappa shape index (κ2) is 7.66. The lowest BCUT2D eigenvalue weighted by Crippen LogP contribution is -2.29. The van der Waals surface area contributed by atoms with Crippen LogP contribution in [0.25, 0.3) is 0 Å². The molecule has 18 heavy (non-hydrogen) atoms. The van der Waals surface area contributed by atoms with Crippen molar-refractivity contribution < 1.29 is 19.0 Å². The van der Waals surface area contributed by atoms with E-state index in [0.717, 1.165) is 12.8 Å². The van der Waals surface area contributed by atoms with E-state index in [1.165, 1.54) is 12.1 Å². The second-order valence-corrected chi connectivity index (χ2v) is 3.88. The Morgan fingerprint density at radius 1 is 1.50 bits per heavy atom. The van der Waals surface area contributed by atoms with Gasteiger partial charge in [0, 0.05) is 12.1 Å². The fraction of sp³-hybridized carbons (Fsp3) is 0.462. The first-order valence-corrected chi connectivity index (χ1v) is 5.96. The van der Waals surface area contributed by atoms with E-state index in [1.807, 2.05) is 6.92 Å². The van der Waals surface area contributed by atoms with Gasteiger partial charge in [-0.25, -0.2) is 4.39 Å². The van der Waals surface area contributed by atoms with E-state index in [9.17, 15) is 9.18 Å². The third-order valence-electron chi connectivity index (χ3n) is 2.42. The second-order valence-electron chi connectivity index (χ2n) is 3.88. The summed E-state index contributed by atoms with van der Waals surface area (Å²) in [5.74, 6) is -0.941. The Morgan fingerprint density at radius 2 is 2.28 bits per heavy atom. The zero-order valence-electron chi connectivity index (χ0n) is 10.4. The van der Waals surface area contributed by atoms with Crippen molar-refractivity contribution >= 4 is 5.91 Å². The number of halogens is 1. The molecule has 5 heteroatoms. The van der Waals surface area contributed by atoms with Crippen molar-refractivity contribution in [2.75, 3.05) is 13.2 Å². The van der Waals surface area contributed by atoms with Gasteiger partial charge in [-0.05, 0) is 12.5 Å². The van der Waals surface area contributed by atoms with E-state index in [1.54, 1.807) is 6.07 Å². The van der Waals surface area contributed by atoms with Crippen LogP contribution in [0, 0.1) is 5.82 Å². The van der Waals surface area contributed by atoms with Crippen LogP contribution in [0.3, 0.4) is 0 Å². The van der Waals surface area contributed by atoms with Gasteiger partial charge in [0.25, 0.3) is 5.91 Å². The number of aliphatic hydroxyl groups excluding tert-OH is 1. The molecule has 0 aliphatic rings. The van der Waals surface area contributed by atoms with Gasteiger partial charge < -0.3 is 15.2 Å². The first-order valence-electron chi connectivity index (χ1n) is 5.96. The monoisotopic (exact) mass is 255 g/mol. The smallest absolute Gasteiger partial charge is 0.257 e. The van der Waals surface area contributed by atoms with Gasteiger partial charge in [0.2, 0.25) is 0 Å². The lowest BCUT2D eigenvalue weighted by molar-refractivity contribution is -0.123. The molecule has 0 atom stereocenters. The number of carbonyl (C=O) groups is 1. The summed E-state index contributed by atoms with van der Waals surface area (Å²) in [6, 6.07) is 4.26. The van der Waals surface area contributed by atoms with Gasteiger partial charge >= 0.3 is 0 Å². The van der Waals surface area contributed by atoms with Gasteiger partial charge in [-0.15, -0.1) is 0 Å². The van der Waals surface area contributed by atoms with Gasteiger partial charge in [0.15, 0.2) is 18.2 Å². The Bertz CT molecular complexity index is 396. The van der Waals surface area contributed by atoms with E-state index in [-0.39, 0.29) is 24.9 Å². The van der Waals surface area contributed by atoms with Crippen LogP contribution in [0.1, 0.15) is 25.3 Å². The van der Waals surface area contributed by atoms with E-state index >= 15 is 0 Å². The number of amides is 1. The number of hydrogen-bond acceptors (Lipinski definition) is 3. The minimum Gasteiger partial charge on any atom is -0.480 e. The molecule has 1 aromatic carbocycles. The van der Waals surface area contributed by atoms with Crippen molar-refractivity contribution in [2.24, 2.45) is 0 Å². The van der Waals surface area contributed by atoms with E-state index < -0.39 is 5.82 Å². The summed E-state index contributed by atoms with van der Waals surface area (Å²) >= 11 is 0. The van der Waals surface area contributed by atoms with E-state index in [2.05, 4.69) is 5.32 Å². The van der Waals surface area contributed by atoms with Gasteiger partial charge in [0.05, 0.1) is 6.61 Å². The summed E-state index contributed by atoms with van der Waals surface area (Å²) in [4.78, 5) is 11.4. The number of nitrogens with one attached hydrogen (secondary N) is 1. The van der Waals surface area contributed by atoms with Crippen LogP contribution in [0.2, 0.25) is 0 Å². The zero-order chi connectivity index (χ0) is 13.4. The van der Waals surface area contributed by atoms with Crippen LogP contribution in [-0.4, -0.2) is 24.2 Å². The Morgan fingerprint density at radius 3 is 2.94 bits per heavy atom. The molecule has 0 saturated carbocycles. The normalized spacial score (nSPS) is 10.2. The molecule has 1 amide bonds. The molecular weight excluding hydrogens is 237 g/mol. The van der Waals surface area contributed by atoms with E-state index in [4.69, 9.17) is 9.84 Å². The van der Waals surface area contributed by atoms with Crippen molar-refractivity contribution in [3.05, 3.63) is 29.6 Å². The molecular formula is C13H18FNO3. The summed E-state index contributed by atoms with van der Waals surface area (Å²) < 4.78 is 18.5. The van der Waals surface area contributed by atoms with Crippen molar-refractivity contribution in [3.63, 3.8) is 0 Å². The molecule has 0 unspecified atom stereocenters. The van der Waals surface area contributed by atoms with Gasteiger partial charge in [-0.3, -0.25) is 4.79 Å². The zero-order valence-corrected chi connectivity index (χ0v) is 10.4. The Labute approximate surface area is 106 Å². The van der Waals surface area contributed by atoms with Crippen LogP contribution in [0.5, 0.6) is 5.75 Å². The third kappa shape index (κ3) is 4.33. The number of unbranched alkanes of at least 4 members (excludes halogenated alkanes) is 1. The van der Waals surface area contributed by atoms with Crippen molar-refractivity contribution in [3.8, 4) is 5.75 Å². The quantitative estimate of drug-likeness (QED) is 0.728. The summed E-state index contributed by atoms with van der Waals surface area (Å²) in [5.41, 5.74) is 0.330. The number of benzene rings is 1. The van der Waals surface area contributed by atoms with Crippen molar-refractivity contribution in [1.82, 2.24) is 5.32 Å². The molecule has 4 nitrogen and oxygen atoms in total. The average molecular weight is 255 g/mol. The molecule has 0 aliphatic heterocycles. The van der Waals surface area contributed by atoms with Crippen molar-refractivity contribution in [2.45, 2.75) is 26.4 Å². The highest BCUT2D eigenvalue weighted by Gasteiger charge is 2.10. The van der Waals surface area contributed by atoms with Crippen LogP contribution in [0.15, 0.2) is 18.2 Å². The number of hydrogen-bond donors (Lipinski definition) is 2. The molecule has 0 aromatic heterocycles. The summed E-state index contributed by atoms with van der Waals surface area (Å²) in [6.07, 6.45) is 1.89. The Balaban J connectivity index is 2.50. The van der Waals surface area contributed by atoms with E-state index in [0.29, 0.717) is 12.1 Å². The molecule has 0 saturated heterocycles. The molecule has 0 bridgehead atoms.